The van der Waals surface area contributed by atoms with Gasteiger partial charge in [-0.05, 0) is 35.7 Å². The molecule has 2 aromatic carbocycles. The monoisotopic (exact) mass is 388 g/mol. The van der Waals surface area contributed by atoms with Gasteiger partial charge in [0.25, 0.3) is 0 Å². The van der Waals surface area contributed by atoms with Crippen LogP contribution in [0.5, 0.6) is 0 Å². The summed E-state index contributed by atoms with van der Waals surface area (Å²) in [4.78, 5) is 25.8. The highest BCUT2D eigenvalue weighted by atomic mass is 79.9. The molecule has 2 amide bonds. The maximum atomic E-state index is 12.4. The quantitative estimate of drug-likeness (QED) is 0.815. The Bertz CT molecular complexity index is 744. The lowest BCUT2D eigenvalue weighted by molar-refractivity contribution is -0.120. The lowest BCUT2D eigenvalue weighted by atomic mass is 10.0. The Balaban J connectivity index is 2.16. The highest BCUT2D eigenvalue weighted by Gasteiger charge is 2.17. The molecule has 0 heterocycles. The van der Waals surface area contributed by atoms with E-state index in [2.05, 4.69) is 35.1 Å². The molecule has 0 bridgehead atoms. The van der Waals surface area contributed by atoms with Crippen molar-refractivity contribution in [1.29, 1.82) is 0 Å². The second-order valence-corrected chi connectivity index (χ2v) is 6.79. The van der Waals surface area contributed by atoms with E-state index in [1.54, 1.807) is 0 Å². The number of carbonyl (C=O) groups excluding carboxylic acids is 2. The standard InChI is InChI=1S/C19H21BrN2O2/c1-13(2)17-9-4-5-10-18(17)21-19(24)12-22(14(3)23)16-8-6-7-15(20)11-16/h4-11,13H,12H2,1-3H3,(H,21,24). The number of carbonyl (C=O) groups is 2. The molecule has 2 rings (SSSR count). The predicted molar refractivity (Wildman–Crippen MR) is 101 cm³/mol. The maximum absolute atomic E-state index is 12.4. The summed E-state index contributed by atoms with van der Waals surface area (Å²) in [5, 5.41) is 2.92. The van der Waals surface area contributed by atoms with Gasteiger partial charge in [0.15, 0.2) is 0 Å². The predicted octanol–water partition coefficient (Wildman–Crippen LogP) is 4.56. The van der Waals surface area contributed by atoms with Crippen LogP contribution in [-0.2, 0) is 9.59 Å². The third kappa shape index (κ3) is 4.68. The lowest BCUT2D eigenvalue weighted by Gasteiger charge is -2.21. The van der Waals surface area contributed by atoms with E-state index >= 15 is 0 Å². The van der Waals surface area contributed by atoms with E-state index in [1.807, 2.05) is 48.5 Å². The smallest absolute Gasteiger partial charge is 0.244 e. The van der Waals surface area contributed by atoms with Gasteiger partial charge in [0.1, 0.15) is 6.54 Å². The van der Waals surface area contributed by atoms with Crippen molar-refractivity contribution in [1.82, 2.24) is 0 Å². The van der Waals surface area contributed by atoms with Crippen LogP contribution in [0.4, 0.5) is 11.4 Å². The molecule has 0 saturated heterocycles. The maximum Gasteiger partial charge on any atom is 0.244 e. The van der Waals surface area contributed by atoms with Crippen molar-refractivity contribution in [2.75, 3.05) is 16.8 Å². The Hall–Kier alpha value is -2.14. The Labute approximate surface area is 151 Å². The molecule has 4 nitrogen and oxygen atoms in total. The number of nitrogens with zero attached hydrogens (tertiary/aromatic N) is 1. The summed E-state index contributed by atoms with van der Waals surface area (Å²) >= 11 is 3.39. The molecule has 0 saturated carbocycles. The first kappa shape index (κ1) is 18.2. The first-order valence-electron chi connectivity index (χ1n) is 7.81. The zero-order valence-electron chi connectivity index (χ0n) is 14.0. The van der Waals surface area contributed by atoms with E-state index in [0.717, 1.165) is 15.7 Å². The minimum absolute atomic E-state index is 0.0295. The summed E-state index contributed by atoms with van der Waals surface area (Å²) < 4.78 is 0.858. The second kappa shape index (κ2) is 8.11. The van der Waals surface area contributed by atoms with Gasteiger partial charge in [-0.2, -0.15) is 0 Å². The summed E-state index contributed by atoms with van der Waals surface area (Å²) in [6, 6.07) is 15.1. The summed E-state index contributed by atoms with van der Waals surface area (Å²) in [5.41, 5.74) is 2.54. The first-order chi connectivity index (χ1) is 11.4. The zero-order valence-corrected chi connectivity index (χ0v) is 15.6. The molecule has 5 heteroatoms. The van der Waals surface area contributed by atoms with Crippen LogP contribution < -0.4 is 10.2 Å². The van der Waals surface area contributed by atoms with Crippen LogP contribution >= 0.6 is 15.9 Å². The molecule has 24 heavy (non-hydrogen) atoms. The van der Waals surface area contributed by atoms with Gasteiger partial charge in [0.05, 0.1) is 0 Å². The second-order valence-electron chi connectivity index (χ2n) is 5.88. The fourth-order valence-electron chi connectivity index (χ4n) is 2.48. The highest BCUT2D eigenvalue weighted by molar-refractivity contribution is 9.10. The average molecular weight is 389 g/mol. The van der Waals surface area contributed by atoms with Gasteiger partial charge in [-0.15, -0.1) is 0 Å². The minimum atomic E-state index is -0.224. The Morgan fingerprint density at radius 3 is 2.46 bits per heavy atom. The van der Waals surface area contributed by atoms with Gasteiger partial charge in [-0.3, -0.25) is 9.59 Å². The van der Waals surface area contributed by atoms with Crippen molar-refractivity contribution >= 4 is 39.1 Å². The molecule has 126 valence electrons. The van der Waals surface area contributed by atoms with E-state index in [9.17, 15) is 9.59 Å². The van der Waals surface area contributed by atoms with Crippen LogP contribution in [0.2, 0.25) is 0 Å². The van der Waals surface area contributed by atoms with Crippen molar-refractivity contribution in [2.45, 2.75) is 26.7 Å². The number of amides is 2. The number of halogens is 1. The molecular formula is C19H21BrN2O2. The van der Waals surface area contributed by atoms with E-state index in [1.165, 1.54) is 11.8 Å². The topological polar surface area (TPSA) is 49.4 Å². The number of benzene rings is 2. The molecule has 0 spiro atoms. The third-order valence-electron chi connectivity index (χ3n) is 3.66. The summed E-state index contributed by atoms with van der Waals surface area (Å²) in [6.07, 6.45) is 0. The van der Waals surface area contributed by atoms with Gasteiger partial charge in [0, 0.05) is 22.8 Å². The van der Waals surface area contributed by atoms with E-state index < -0.39 is 0 Å². The van der Waals surface area contributed by atoms with Crippen molar-refractivity contribution in [3.8, 4) is 0 Å². The minimum Gasteiger partial charge on any atom is -0.324 e. The van der Waals surface area contributed by atoms with E-state index in [-0.39, 0.29) is 18.4 Å². The van der Waals surface area contributed by atoms with Gasteiger partial charge >= 0.3 is 0 Å². The molecule has 0 unspecified atom stereocenters. The van der Waals surface area contributed by atoms with Gasteiger partial charge in [-0.25, -0.2) is 0 Å². The Kier molecular flexibility index (Phi) is 6.15. The van der Waals surface area contributed by atoms with Crippen LogP contribution in [0, 0.1) is 0 Å². The Morgan fingerprint density at radius 2 is 1.83 bits per heavy atom. The molecular weight excluding hydrogens is 368 g/mol. The fraction of sp³-hybridized carbons (Fsp3) is 0.263. The summed E-state index contributed by atoms with van der Waals surface area (Å²) in [7, 11) is 0. The average Bonchev–Trinajstić information content (AvgIpc) is 2.52. The molecule has 0 radical (unpaired) electrons. The number of hydrogen-bond acceptors (Lipinski definition) is 2. The normalized spacial score (nSPS) is 10.5. The molecule has 2 aromatic rings. The summed E-state index contributed by atoms with van der Waals surface area (Å²) in [6.45, 7) is 5.58. The van der Waals surface area contributed by atoms with E-state index in [4.69, 9.17) is 0 Å². The van der Waals surface area contributed by atoms with Crippen LogP contribution in [0.25, 0.3) is 0 Å². The van der Waals surface area contributed by atoms with Gasteiger partial charge < -0.3 is 10.2 Å². The van der Waals surface area contributed by atoms with Crippen LogP contribution in [-0.4, -0.2) is 18.4 Å². The van der Waals surface area contributed by atoms with Crippen LogP contribution in [0.3, 0.4) is 0 Å². The fourth-order valence-corrected chi connectivity index (χ4v) is 2.86. The molecule has 0 aliphatic carbocycles. The summed E-state index contributed by atoms with van der Waals surface area (Å²) in [5.74, 6) is -0.103. The largest absolute Gasteiger partial charge is 0.324 e. The number of hydrogen-bond donors (Lipinski definition) is 1. The third-order valence-corrected chi connectivity index (χ3v) is 4.15. The van der Waals surface area contributed by atoms with Crippen LogP contribution in [0.1, 0.15) is 32.3 Å². The van der Waals surface area contributed by atoms with Crippen molar-refractivity contribution in [2.24, 2.45) is 0 Å². The highest BCUT2D eigenvalue weighted by Crippen LogP contribution is 2.24. The zero-order chi connectivity index (χ0) is 17.7. The number of anilines is 2. The molecule has 0 atom stereocenters. The number of rotatable bonds is 5. The molecule has 0 aliphatic heterocycles. The number of para-hydroxylation sites is 1. The molecule has 0 fully saturated rings. The number of nitrogens with one attached hydrogen (secondary N) is 1. The van der Waals surface area contributed by atoms with E-state index in [0.29, 0.717) is 11.6 Å². The van der Waals surface area contributed by atoms with Crippen molar-refractivity contribution in [3.05, 3.63) is 58.6 Å². The van der Waals surface area contributed by atoms with Crippen molar-refractivity contribution < 1.29 is 9.59 Å². The molecule has 1 N–H and O–H groups in total. The molecule has 0 aromatic heterocycles. The lowest BCUT2D eigenvalue weighted by Crippen LogP contribution is -2.36. The van der Waals surface area contributed by atoms with Gasteiger partial charge in [0.2, 0.25) is 11.8 Å². The van der Waals surface area contributed by atoms with Crippen LogP contribution in [0.15, 0.2) is 53.0 Å². The molecule has 0 aliphatic rings. The SMILES string of the molecule is CC(=O)N(CC(=O)Nc1ccccc1C(C)C)c1cccc(Br)c1. The first-order valence-corrected chi connectivity index (χ1v) is 8.60. The Morgan fingerprint density at radius 1 is 1.12 bits per heavy atom. The van der Waals surface area contributed by atoms with Gasteiger partial charge in [-0.1, -0.05) is 54.0 Å². The van der Waals surface area contributed by atoms with Crippen molar-refractivity contribution in [3.63, 3.8) is 0 Å².